The van der Waals surface area contributed by atoms with Crippen molar-refractivity contribution in [3.63, 3.8) is 0 Å². The van der Waals surface area contributed by atoms with Gasteiger partial charge in [0.2, 0.25) is 11.8 Å². The summed E-state index contributed by atoms with van der Waals surface area (Å²) in [4.78, 5) is 29.3. The molecule has 4 aliphatic carbocycles. The van der Waals surface area contributed by atoms with E-state index in [9.17, 15) is 14.7 Å². The number of aromatic hydroxyl groups is 1. The van der Waals surface area contributed by atoms with Crippen LogP contribution >= 0.6 is 0 Å². The van der Waals surface area contributed by atoms with E-state index in [0.717, 1.165) is 32.1 Å². The van der Waals surface area contributed by atoms with E-state index in [1.807, 2.05) is 0 Å². The topological polar surface area (TPSA) is 113 Å². The predicted octanol–water partition coefficient (Wildman–Crippen LogP) is 1.60. The quantitative estimate of drug-likeness (QED) is 0.774. The van der Waals surface area contributed by atoms with Gasteiger partial charge in [0.05, 0.1) is 11.5 Å². The van der Waals surface area contributed by atoms with Gasteiger partial charge in [-0.2, -0.15) is 4.80 Å². The number of tetrazole rings is 1. The van der Waals surface area contributed by atoms with Crippen molar-refractivity contribution in [3.05, 3.63) is 30.6 Å². The van der Waals surface area contributed by atoms with Crippen LogP contribution in [0.3, 0.4) is 0 Å². The molecule has 5 fully saturated rings. The first-order valence-corrected chi connectivity index (χ1v) is 11.1. The standard InChI is InChI=1S/C22H26N6O3/c29-18-3-1-2-17(6-18)27-11-16(5-19(27)30)20(31)25-21-7-14-4-15(8-21)10-22(9-14,12-21)28-24-13-23-26-28/h1-3,6,13-16,29H,4-5,7-12H2,(H,25,31)/t14-,15+,16-,21?,22?/m1/s1. The van der Waals surface area contributed by atoms with Crippen molar-refractivity contribution in [2.75, 3.05) is 11.4 Å². The van der Waals surface area contributed by atoms with Crippen LogP contribution in [-0.4, -0.2) is 49.2 Å². The first kappa shape index (κ1) is 18.8. The lowest BCUT2D eigenvalue weighted by Crippen LogP contribution is -2.66. The molecule has 7 rings (SSSR count). The summed E-state index contributed by atoms with van der Waals surface area (Å²) in [6.07, 6.45) is 7.79. The van der Waals surface area contributed by atoms with E-state index in [4.69, 9.17) is 0 Å². The third kappa shape index (κ3) is 3.01. The van der Waals surface area contributed by atoms with E-state index in [-0.39, 0.29) is 41.0 Å². The molecule has 1 aliphatic heterocycles. The minimum absolute atomic E-state index is 0.0420. The van der Waals surface area contributed by atoms with Gasteiger partial charge >= 0.3 is 0 Å². The number of hydrogen-bond donors (Lipinski definition) is 2. The number of nitrogens with zero attached hydrogens (tertiary/aromatic N) is 5. The Morgan fingerprint density at radius 1 is 1.19 bits per heavy atom. The Labute approximate surface area is 179 Å². The molecular weight excluding hydrogens is 396 g/mol. The number of anilines is 1. The number of carbonyl (C=O) groups excluding carboxylic acids is 2. The van der Waals surface area contributed by atoms with Gasteiger partial charge in [-0.25, -0.2) is 0 Å². The largest absolute Gasteiger partial charge is 0.508 e. The third-order valence-electron chi connectivity index (χ3n) is 7.83. The lowest BCUT2D eigenvalue weighted by Gasteiger charge is -2.61. The predicted molar refractivity (Wildman–Crippen MR) is 110 cm³/mol. The molecule has 2 heterocycles. The van der Waals surface area contributed by atoms with Crippen LogP contribution in [0, 0.1) is 17.8 Å². The summed E-state index contributed by atoms with van der Waals surface area (Å²) in [6.45, 7) is 0.340. The van der Waals surface area contributed by atoms with E-state index in [2.05, 4.69) is 20.7 Å². The van der Waals surface area contributed by atoms with Crippen LogP contribution in [0.5, 0.6) is 5.75 Å². The van der Waals surface area contributed by atoms with Crippen LogP contribution < -0.4 is 10.2 Å². The molecule has 31 heavy (non-hydrogen) atoms. The minimum atomic E-state index is -0.386. The molecule has 9 nitrogen and oxygen atoms in total. The van der Waals surface area contributed by atoms with Gasteiger partial charge in [-0.1, -0.05) is 6.07 Å². The normalized spacial score (nSPS) is 36.2. The second-order valence-corrected chi connectivity index (χ2v) is 10.1. The number of hydrogen-bond acceptors (Lipinski definition) is 6. The van der Waals surface area contributed by atoms with Gasteiger partial charge < -0.3 is 15.3 Å². The van der Waals surface area contributed by atoms with Gasteiger partial charge in [0, 0.05) is 30.3 Å². The molecule has 1 aromatic heterocycles. The molecular formula is C22H26N6O3. The van der Waals surface area contributed by atoms with E-state index < -0.39 is 0 Å². The first-order chi connectivity index (χ1) is 14.9. The smallest absolute Gasteiger partial charge is 0.227 e. The van der Waals surface area contributed by atoms with Crippen molar-refractivity contribution >= 4 is 17.5 Å². The van der Waals surface area contributed by atoms with Crippen molar-refractivity contribution in [1.82, 2.24) is 25.5 Å². The van der Waals surface area contributed by atoms with Gasteiger partial charge in [0.1, 0.15) is 5.75 Å². The number of amides is 2. The number of aromatic nitrogens is 4. The second-order valence-electron chi connectivity index (χ2n) is 10.1. The summed E-state index contributed by atoms with van der Waals surface area (Å²) >= 11 is 0. The SMILES string of the molecule is O=C(NC12C[C@H]3C[C@@H](C1)CC(n1ncnn1)(C3)C2)[C@@H]1CC(=O)N(c2cccc(O)c2)C1. The molecule has 2 aromatic rings. The minimum Gasteiger partial charge on any atom is -0.508 e. The number of nitrogens with one attached hydrogen (secondary N) is 1. The molecule has 9 heteroatoms. The number of rotatable bonds is 4. The van der Waals surface area contributed by atoms with Gasteiger partial charge in [-0.3, -0.25) is 9.59 Å². The Hall–Kier alpha value is -2.97. The molecule has 5 atom stereocenters. The van der Waals surface area contributed by atoms with Gasteiger partial charge in [-0.15, -0.1) is 10.2 Å². The van der Waals surface area contributed by atoms with Gasteiger partial charge in [-0.05, 0) is 67.7 Å². The van der Waals surface area contributed by atoms with E-state index in [0.29, 0.717) is 24.1 Å². The molecule has 162 valence electrons. The lowest BCUT2D eigenvalue weighted by molar-refractivity contribution is -0.135. The lowest BCUT2D eigenvalue weighted by atomic mass is 9.50. The van der Waals surface area contributed by atoms with Crippen LogP contribution in [0.25, 0.3) is 0 Å². The Balaban J connectivity index is 1.21. The number of phenols is 1. The highest BCUT2D eigenvalue weighted by Gasteiger charge is 2.60. The summed E-state index contributed by atoms with van der Waals surface area (Å²) < 4.78 is 0. The van der Waals surface area contributed by atoms with Crippen molar-refractivity contribution < 1.29 is 14.7 Å². The van der Waals surface area contributed by atoms with Crippen LogP contribution in [-0.2, 0) is 15.1 Å². The highest BCUT2D eigenvalue weighted by Crippen LogP contribution is 2.60. The van der Waals surface area contributed by atoms with Crippen molar-refractivity contribution in [1.29, 1.82) is 0 Å². The molecule has 1 saturated heterocycles. The molecule has 2 N–H and O–H groups in total. The Kier molecular flexibility index (Phi) is 3.94. The second kappa shape index (κ2) is 6.51. The maximum Gasteiger partial charge on any atom is 0.227 e. The fourth-order valence-electron chi connectivity index (χ4n) is 7.14. The van der Waals surface area contributed by atoms with Crippen LogP contribution in [0.2, 0.25) is 0 Å². The maximum atomic E-state index is 13.3. The zero-order valence-electron chi connectivity index (χ0n) is 17.3. The average Bonchev–Trinajstić information content (AvgIpc) is 3.37. The van der Waals surface area contributed by atoms with Crippen molar-refractivity contribution in [3.8, 4) is 5.75 Å². The summed E-state index contributed by atoms with van der Waals surface area (Å²) in [7, 11) is 0. The highest BCUT2D eigenvalue weighted by atomic mass is 16.3. The first-order valence-electron chi connectivity index (χ1n) is 11.1. The molecule has 4 saturated carbocycles. The third-order valence-corrected chi connectivity index (χ3v) is 7.83. The van der Waals surface area contributed by atoms with Crippen LogP contribution in [0.15, 0.2) is 30.6 Å². The number of phenolic OH excluding ortho intramolecular Hbond substituents is 1. The molecule has 0 radical (unpaired) electrons. The molecule has 2 amide bonds. The number of carbonyl (C=O) groups is 2. The van der Waals surface area contributed by atoms with Crippen LogP contribution in [0.1, 0.15) is 44.9 Å². The summed E-state index contributed by atoms with van der Waals surface area (Å²) in [5.74, 6) is 0.712. The van der Waals surface area contributed by atoms with Crippen molar-refractivity contribution in [2.45, 2.75) is 56.0 Å². The van der Waals surface area contributed by atoms with Crippen LogP contribution in [0.4, 0.5) is 5.69 Å². The molecule has 5 aliphatic rings. The Bertz CT molecular complexity index is 1020. The molecule has 1 aromatic carbocycles. The summed E-state index contributed by atoms with van der Waals surface area (Å²) in [6, 6.07) is 6.62. The fraction of sp³-hybridized carbons (Fsp3) is 0.591. The van der Waals surface area contributed by atoms with E-state index >= 15 is 0 Å². The molecule has 0 spiro atoms. The van der Waals surface area contributed by atoms with Gasteiger partial charge in [0.25, 0.3) is 0 Å². The zero-order chi connectivity index (χ0) is 21.2. The van der Waals surface area contributed by atoms with E-state index in [1.54, 1.807) is 34.0 Å². The molecule has 4 bridgehead atoms. The molecule has 2 unspecified atom stereocenters. The Morgan fingerprint density at radius 3 is 2.71 bits per heavy atom. The van der Waals surface area contributed by atoms with Crippen molar-refractivity contribution in [2.24, 2.45) is 17.8 Å². The fourth-order valence-corrected chi connectivity index (χ4v) is 7.14. The summed E-state index contributed by atoms with van der Waals surface area (Å²) in [5, 5.41) is 25.7. The van der Waals surface area contributed by atoms with Gasteiger partial charge in [0.15, 0.2) is 6.33 Å². The Morgan fingerprint density at radius 2 is 2.00 bits per heavy atom. The van der Waals surface area contributed by atoms with E-state index in [1.165, 1.54) is 12.7 Å². The average molecular weight is 422 g/mol. The highest BCUT2D eigenvalue weighted by molar-refractivity contribution is 6.00. The summed E-state index contributed by atoms with van der Waals surface area (Å²) in [5.41, 5.74) is 0.217. The monoisotopic (exact) mass is 422 g/mol. The zero-order valence-corrected chi connectivity index (χ0v) is 17.3. The maximum absolute atomic E-state index is 13.3. The number of benzene rings is 1.